The lowest BCUT2D eigenvalue weighted by molar-refractivity contribution is 0.182. The van der Waals surface area contributed by atoms with E-state index >= 15 is 0 Å². The molecule has 0 unspecified atom stereocenters. The van der Waals surface area contributed by atoms with E-state index in [9.17, 15) is 0 Å². The molecular formula is C8H12BrN3O. The van der Waals surface area contributed by atoms with Crippen LogP contribution in [0.15, 0.2) is 10.7 Å². The van der Waals surface area contributed by atoms with Crippen molar-refractivity contribution in [1.29, 1.82) is 0 Å². The molecule has 0 radical (unpaired) electrons. The Morgan fingerprint density at radius 1 is 1.62 bits per heavy atom. The molecule has 0 aliphatic carbocycles. The average molecular weight is 246 g/mol. The van der Waals surface area contributed by atoms with E-state index in [1.807, 2.05) is 6.92 Å². The van der Waals surface area contributed by atoms with Gasteiger partial charge in [-0.15, -0.1) is 0 Å². The molecule has 0 aliphatic heterocycles. The second kappa shape index (κ2) is 3.93. The normalized spacial score (nSPS) is 10.2. The van der Waals surface area contributed by atoms with Crippen LogP contribution in [0.3, 0.4) is 0 Å². The zero-order valence-corrected chi connectivity index (χ0v) is 9.42. The first-order valence-corrected chi connectivity index (χ1v) is 4.55. The number of pyridine rings is 1. The first-order chi connectivity index (χ1) is 6.07. The highest BCUT2D eigenvalue weighted by Gasteiger charge is 2.10. The minimum absolute atomic E-state index is 0.667. The van der Waals surface area contributed by atoms with Crippen LogP contribution in [0, 0.1) is 6.92 Å². The monoisotopic (exact) mass is 245 g/mol. The van der Waals surface area contributed by atoms with Crippen molar-refractivity contribution in [3.63, 3.8) is 0 Å². The molecule has 1 aromatic rings. The fourth-order valence-corrected chi connectivity index (χ4v) is 1.47. The Kier molecular flexibility index (Phi) is 3.11. The van der Waals surface area contributed by atoms with E-state index < -0.39 is 0 Å². The number of rotatable bonds is 2. The number of hydroxylamine groups is 1. The SMILES string of the molecule is CON(C)c1ncc(N)c(C)c1Br. The van der Waals surface area contributed by atoms with E-state index in [1.54, 1.807) is 25.4 Å². The number of halogens is 1. The van der Waals surface area contributed by atoms with Crippen molar-refractivity contribution in [2.24, 2.45) is 0 Å². The summed E-state index contributed by atoms with van der Waals surface area (Å²) in [5, 5.41) is 1.57. The van der Waals surface area contributed by atoms with Crippen LogP contribution in [0.1, 0.15) is 5.56 Å². The van der Waals surface area contributed by atoms with Crippen LogP contribution < -0.4 is 10.8 Å². The highest BCUT2D eigenvalue weighted by Crippen LogP contribution is 2.29. The van der Waals surface area contributed by atoms with E-state index in [0.717, 1.165) is 10.0 Å². The minimum atomic E-state index is 0.667. The minimum Gasteiger partial charge on any atom is -0.397 e. The molecule has 13 heavy (non-hydrogen) atoms. The third-order valence-electron chi connectivity index (χ3n) is 1.86. The van der Waals surface area contributed by atoms with E-state index in [1.165, 1.54) is 0 Å². The highest BCUT2D eigenvalue weighted by molar-refractivity contribution is 9.10. The van der Waals surface area contributed by atoms with Gasteiger partial charge in [-0.1, -0.05) is 0 Å². The summed E-state index contributed by atoms with van der Waals surface area (Å²) in [6.07, 6.45) is 1.62. The Labute approximate surface area is 85.8 Å². The van der Waals surface area contributed by atoms with Crippen LogP contribution in [-0.2, 0) is 4.84 Å². The van der Waals surface area contributed by atoms with Gasteiger partial charge in [-0.05, 0) is 28.4 Å². The molecule has 72 valence electrons. The van der Waals surface area contributed by atoms with Crippen molar-refractivity contribution in [2.75, 3.05) is 25.0 Å². The Morgan fingerprint density at radius 3 is 2.77 bits per heavy atom. The zero-order valence-electron chi connectivity index (χ0n) is 7.84. The molecule has 0 bridgehead atoms. The van der Waals surface area contributed by atoms with Gasteiger partial charge in [0.15, 0.2) is 5.82 Å². The second-order valence-corrected chi connectivity index (χ2v) is 3.45. The standard InChI is InChI=1S/C8H12BrN3O/c1-5-6(10)4-11-8(7(5)9)12(2)13-3/h4H,10H2,1-3H3. The van der Waals surface area contributed by atoms with Crippen LogP contribution >= 0.6 is 15.9 Å². The number of nitrogen functional groups attached to an aromatic ring is 1. The summed E-state index contributed by atoms with van der Waals surface area (Å²) in [5.41, 5.74) is 7.31. The van der Waals surface area contributed by atoms with Crippen molar-refractivity contribution in [2.45, 2.75) is 6.92 Å². The lowest BCUT2D eigenvalue weighted by atomic mass is 10.2. The molecule has 1 aromatic heterocycles. The highest BCUT2D eigenvalue weighted by atomic mass is 79.9. The van der Waals surface area contributed by atoms with Gasteiger partial charge in [0.1, 0.15) is 0 Å². The number of nitrogens with two attached hydrogens (primary N) is 1. The summed E-state index contributed by atoms with van der Waals surface area (Å²) in [7, 11) is 3.36. The second-order valence-electron chi connectivity index (χ2n) is 2.66. The third kappa shape index (κ3) is 1.92. The lowest BCUT2D eigenvalue weighted by Gasteiger charge is -2.17. The van der Waals surface area contributed by atoms with Crippen LogP contribution in [0.4, 0.5) is 11.5 Å². The van der Waals surface area contributed by atoms with Crippen LogP contribution in [-0.4, -0.2) is 19.1 Å². The number of hydrogen-bond donors (Lipinski definition) is 1. The number of aromatic nitrogens is 1. The fraction of sp³-hybridized carbons (Fsp3) is 0.375. The van der Waals surface area contributed by atoms with Crippen molar-refractivity contribution in [3.05, 3.63) is 16.2 Å². The summed E-state index contributed by atoms with van der Waals surface area (Å²) in [6, 6.07) is 0. The first-order valence-electron chi connectivity index (χ1n) is 3.76. The quantitative estimate of drug-likeness (QED) is 0.807. The van der Waals surface area contributed by atoms with Gasteiger partial charge in [0.25, 0.3) is 0 Å². The molecule has 0 aromatic carbocycles. The maximum atomic E-state index is 5.68. The number of hydrogen-bond acceptors (Lipinski definition) is 4. The van der Waals surface area contributed by atoms with Crippen LogP contribution in [0.25, 0.3) is 0 Å². The molecule has 0 spiro atoms. The molecule has 0 saturated heterocycles. The Hall–Kier alpha value is -0.810. The molecule has 4 nitrogen and oxygen atoms in total. The van der Waals surface area contributed by atoms with Gasteiger partial charge in [0, 0.05) is 7.05 Å². The van der Waals surface area contributed by atoms with Gasteiger partial charge >= 0.3 is 0 Å². The van der Waals surface area contributed by atoms with Gasteiger partial charge < -0.3 is 5.73 Å². The largest absolute Gasteiger partial charge is 0.397 e. The maximum Gasteiger partial charge on any atom is 0.166 e. The molecule has 0 fully saturated rings. The predicted octanol–water partition coefficient (Wildman–Crippen LogP) is 1.73. The molecule has 0 saturated carbocycles. The van der Waals surface area contributed by atoms with Crippen molar-refractivity contribution >= 4 is 27.4 Å². The number of nitrogens with zero attached hydrogens (tertiary/aromatic N) is 2. The van der Waals surface area contributed by atoms with Crippen LogP contribution in [0.2, 0.25) is 0 Å². The lowest BCUT2D eigenvalue weighted by Crippen LogP contribution is -2.17. The molecule has 0 aliphatic rings. The molecular weight excluding hydrogens is 234 g/mol. The van der Waals surface area contributed by atoms with E-state index in [-0.39, 0.29) is 0 Å². The Balaban J connectivity index is 3.18. The van der Waals surface area contributed by atoms with Gasteiger partial charge in [0.2, 0.25) is 0 Å². The van der Waals surface area contributed by atoms with Gasteiger partial charge in [-0.2, -0.15) is 0 Å². The van der Waals surface area contributed by atoms with Crippen molar-refractivity contribution in [3.8, 4) is 0 Å². The third-order valence-corrected chi connectivity index (χ3v) is 2.81. The molecule has 2 N–H and O–H groups in total. The molecule has 1 heterocycles. The maximum absolute atomic E-state index is 5.68. The molecule has 1 rings (SSSR count). The average Bonchev–Trinajstić information content (AvgIpc) is 2.13. The predicted molar refractivity (Wildman–Crippen MR) is 56.5 cm³/mol. The summed E-state index contributed by atoms with van der Waals surface area (Å²) in [6.45, 7) is 1.92. The van der Waals surface area contributed by atoms with Crippen molar-refractivity contribution < 1.29 is 4.84 Å². The molecule has 5 heteroatoms. The molecule has 0 amide bonds. The zero-order chi connectivity index (χ0) is 10.0. The van der Waals surface area contributed by atoms with Crippen molar-refractivity contribution in [1.82, 2.24) is 4.98 Å². The Bertz CT molecular complexity index is 317. The van der Waals surface area contributed by atoms with Crippen LogP contribution in [0.5, 0.6) is 0 Å². The van der Waals surface area contributed by atoms with Gasteiger partial charge in [-0.3, -0.25) is 4.84 Å². The Morgan fingerprint density at radius 2 is 2.23 bits per heavy atom. The first kappa shape index (κ1) is 10.3. The van der Waals surface area contributed by atoms with E-state index in [2.05, 4.69) is 20.9 Å². The van der Waals surface area contributed by atoms with E-state index in [0.29, 0.717) is 11.5 Å². The summed E-state index contributed by atoms with van der Waals surface area (Å²) < 4.78 is 0.858. The summed E-state index contributed by atoms with van der Waals surface area (Å²) in [5.74, 6) is 0.717. The van der Waals surface area contributed by atoms with Gasteiger partial charge in [0.05, 0.1) is 23.5 Å². The topological polar surface area (TPSA) is 51.4 Å². The van der Waals surface area contributed by atoms with Gasteiger partial charge in [-0.25, -0.2) is 10.0 Å². The summed E-state index contributed by atoms with van der Waals surface area (Å²) in [4.78, 5) is 9.15. The smallest absolute Gasteiger partial charge is 0.166 e. The number of anilines is 2. The van der Waals surface area contributed by atoms with E-state index in [4.69, 9.17) is 10.6 Å². The summed E-state index contributed by atoms with van der Waals surface area (Å²) >= 11 is 3.41. The fourth-order valence-electron chi connectivity index (χ4n) is 0.885. The molecule has 0 atom stereocenters.